The first kappa shape index (κ1) is 10.2. The minimum atomic E-state index is -0.190. The van der Waals surface area contributed by atoms with Crippen LogP contribution in [0.15, 0.2) is 18.2 Å². The van der Waals surface area contributed by atoms with Crippen molar-refractivity contribution in [1.82, 2.24) is 10.3 Å². The number of rotatable bonds is 2. The summed E-state index contributed by atoms with van der Waals surface area (Å²) in [7, 11) is 1.90. The second-order valence-corrected chi connectivity index (χ2v) is 3.84. The number of nitrogens with one attached hydrogen (secondary N) is 2. The Morgan fingerprint density at radius 1 is 1.40 bits per heavy atom. The van der Waals surface area contributed by atoms with E-state index in [1.807, 2.05) is 20.0 Å². The van der Waals surface area contributed by atoms with E-state index < -0.39 is 0 Å². The highest BCUT2D eigenvalue weighted by atomic mass is 19.1. The zero-order valence-corrected chi connectivity index (χ0v) is 9.19. The summed E-state index contributed by atoms with van der Waals surface area (Å²) in [6.45, 7) is 4.04. The number of aromatic nitrogens is 1. The van der Waals surface area contributed by atoms with Gasteiger partial charge in [-0.05, 0) is 32.5 Å². The SMILES string of the molecule is CNC(C)c1c(C)[nH]c2c(F)cccc12. The van der Waals surface area contributed by atoms with Gasteiger partial charge in [-0.15, -0.1) is 0 Å². The van der Waals surface area contributed by atoms with E-state index in [0.29, 0.717) is 5.52 Å². The molecule has 2 aromatic rings. The summed E-state index contributed by atoms with van der Waals surface area (Å²) < 4.78 is 13.5. The Morgan fingerprint density at radius 2 is 2.13 bits per heavy atom. The van der Waals surface area contributed by atoms with Gasteiger partial charge in [-0.3, -0.25) is 0 Å². The van der Waals surface area contributed by atoms with Gasteiger partial charge in [0.1, 0.15) is 5.82 Å². The first-order valence-corrected chi connectivity index (χ1v) is 5.09. The summed E-state index contributed by atoms with van der Waals surface area (Å²) in [5, 5.41) is 4.14. The van der Waals surface area contributed by atoms with Crippen LogP contribution in [0.25, 0.3) is 10.9 Å². The number of para-hydroxylation sites is 1. The van der Waals surface area contributed by atoms with Gasteiger partial charge < -0.3 is 10.3 Å². The summed E-state index contributed by atoms with van der Waals surface area (Å²) in [6.07, 6.45) is 0. The number of fused-ring (bicyclic) bond motifs is 1. The molecule has 0 aliphatic carbocycles. The maximum Gasteiger partial charge on any atom is 0.147 e. The lowest BCUT2D eigenvalue weighted by molar-refractivity contribution is 0.637. The molecular weight excluding hydrogens is 191 g/mol. The Morgan fingerprint density at radius 3 is 2.80 bits per heavy atom. The topological polar surface area (TPSA) is 27.8 Å². The zero-order valence-electron chi connectivity index (χ0n) is 9.19. The molecule has 1 heterocycles. The molecule has 0 radical (unpaired) electrons. The molecule has 2 N–H and O–H groups in total. The molecule has 1 aromatic carbocycles. The minimum absolute atomic E-state index is 0.190. The number of hydrogen-bond donors (Lipinski definition) is 2. The van der Waals surface area contributed by atoms with Crippen LogP contribution in [0.3, 0.4) is 0 Å². The van der Waals surface area contributed by atoms with Gasteiger partial charge in [-0.1, -0.05) is 12.1 Å². The van der Waals surface area contributed by atoms with Crippen LogP contribution in [0.2, 0.25) is 0 Å². The van der Waals surface area contributed by atoms with Crippen LogP contribution in [0.5, 0.6) is 0 Å². The van der Waals surface area contributed by atoms with Crippen LogP contribution in [0, 0.1) is 12.7 Å². The fourth-order valence-electron chi connectivity index (χ4n) is 2.03. The van der Waals surface area contributed by atoms with E-state index in [0.717, 1.165) is 16.6 Å². The highest BCUT2D eigenvalue weighted by Gasteiger charge is 2.14. The average molecular weight is 206 g/mol. The number of aryl methyl sites for hydroxylation is 1. The van der Waals surface area contributed by atoms with Gasteiger partial charge in [0.05, 0.1) is 5.52 Å². The van der Waals surface area contributed by atoms with E-state index in [1.54, 1.807) is 6.07 Å². The van der Waals surface area contributed by atoms with Crippen molar-refractivity contribution in [2.24, 2.45) is 0 Å². The van der Waals surface area contributed by atoms with Crippen molar-refractivity contribution in [1.29, 1.82) is 0 Å². The van der Waals surface area contributed by atoms with Gasteiger partial charge in [0.15, 0.2) is 0 Å². The third-order valence-corrected chi connectivity index (χ3v) is 2.89. The van der Waals surface area contributed by atoms with E-state index in [9.17, 15) is 4.39 Å². The first-order valence-electron chi connectivity index (χ1n) is 5.09. The van der Waals surface area contributed by atoms with Gasteiger partial charge in [-0.2, -0.15) is 0 Å². The van der Waals surface area contributed by atoms with Crippen LogP contribution >= 0.6 is 0 Å². The van der Waals surface area contributed by atoms with E-state index in [-0.39, 0.29) is 11.9 Å². The van der Waals surface area contributed by atoms with Crippen LogP contribution in [-0.2, 0) is 0 Å². The Balaban J connectivity index is 2.73. The molecule has 0 saturated heterocycles. The molecule has 3 heteroatoms. The quantitative estimate of drug-likeness (QED) is 0.777. The predicted octanol–water partition coefficient (Wildman–Crippen LogP) is 2.90. The lowest BCUT2D eigenvalue weighted by atomic mass is 10.0. The smallest absolute Gasteiger partial charge is 0.147 e. The highest BCUT2D eigenvalue weighted by Crippen LogP contribution is 2.28. The fourth-order valence-corrected chi connectivity index (χ4v) is 2.03. The molecule has 0 fully saturated rings. The molecule has 2 nitrogen and oxygen atoms in total. The number of benzene rings is 1. The molecule has 0 aliphatic heterocycles. The predicted molar refractivity (Wildman–Crippen MR) is 60.5 cm³/mol. The largest absolute Gasteiger partial charge is 0.356 e. The Kier molecular flexibility index (Phi) is 2.49. The third-order valence-electron chi connectivity index (χ3n) is 2.89. The minimum Gasteiger partial charge on any atom is -0.356 e. The number of aromatic amines is 1. The molecule has 0 saturated carbocycles. The van der Waals surface area contributed by atoms with Crippen LogP contribution in [0.1, 0.15) is 24.2 Å². The molecule has 0 aliphatic rings. The molecule has 15 heavy (non-hydrogen) atoms. The molecular formula is C12H15FN2. The Hall–Kier alpha value is -1.35. The standard InChI is InChI=1S/C12H15FN2/c1-7(14-3)11-8(2)15-12-9(11)5-4-6-10(12)13/h4-7,14-15H,1-3H3. The van der Waals surface area contributed by atoms with E-state index >= 15 is 0 Å². The average Bonchev–Trinajstić information content (AvgIpc) is 2.55. The van der Waals surface area contributed by atoms with E-state index in [1.165, 1.54) is 6.07 Å². The van der Waals surface area contributed by atoms with Crippen molar-refractivity contribution in [3.05, 3.63) is 35.3 Å². The monoisotopic (exact) mass is 206 g/mol. The highest BCUT2D eigenvalue weighted by molar-refractivity contribution is 5.85. The number of hydrogen-bond acceptors (Lipinski definition) is 1. The molecule has 1 atom stereocenters. The maximum absolute atomic E-state index is 13.5. The first-order chi connectivity index (χ1) is 7.15. The van der Waals surface area contributed by atoms with Crippen molar-refractivity contribution in [2.75, 3.05) is 7.05 Å². The Bertz CT molecular complexity index is 488. The van der Waals surface area contributed by atoms with Gasteiger partial charge in [0, 0.05) is 17.1 Å². The summed E-state index contributed by atoms with van der Waals surface area (Å²) in [6, 6.07) is 5.40. The number of halogens is 1. The molecule has 2 rings (SSSR count). The normalized spacial score (nSPS) is 13.3. The van der Waals surface area contributed by atoms with E-state index in [4.69, 9.17) is 0 Å². The molecule has 1 aromatic heterocycles. The molecule has 0 spiro atoms. The van der Waals surface area contributed by atoms with E-state index in [2.05, 4.69) is 17.2 Å². The molecule has 80 valence electrons. The zero-order chi connectivity index (χ0) is 11.0. The van der Waals surface area contributed by atoms with Crippen LogP contribution in [0.4, 0.5) is 4.39 Å². The van der Waals surface area contributed by atoms with Crippen LogP contribution in [-0.4, -0.2) is 12.0 Å². The summed E-state index contributed by atoms with van der Waals surface area (Å²) >= 11 is 0. The number of H-pyrrole nitrogens is 1. The van der Waals surface area contributed by atoms with Crippen molar-refractivity contribution < 1.29 is 4.39 Å². The van der Waals surface area contributed by atoms with Crippen molar-refractivity contribution in [3.63, 3.8) is 0 Å². The summed E-state index contributed by atoms with van der Waals surface area (Å²) in [5.74, 6) is -0.190. The molecule has 1 unspecified atom stereocenters. The summed E-state index contributed by atoms with van der Waals surface area (Å²) in [4.78, 5) is 3.10. The lowest BCUT2D eigenvalue weighted by Gasteiger charge is -2.10. The second-order valence-electron chi connectivity index (χ2n) is 3.84. The third kappa shape index (κ3) is 1.53. The second kappa shape index (κ2) is 3.66. The molecule has 0 amide bonds. The maximum atomic E-state index is 13.5. The van der Waals surface area contributed by atoms with Gasteiger partial charge in [-0.25, -0.2) is 4.39 Å². The van der Waals surface area contributed by atoms with Crippen LogP contribution < -0.4 is 5.32 Å². The van der Waals surface area contributed by atoms with Gasteiger partial charge >= 0.3 is 0 Å². The van der Waals surface area contributed by atoms with Crippen molar-refractivity contribution >= 4 is 10.9 Å². The summed E-state index contributed by atoms with van der Waals surface area (Å²) in [5.41, 5.74) is 2.77. The lowest BCUT2D eigenvalue weighted by Crippen LogP contribution is -2.12. The Labute approximate surface area is 88.5 Å². The fraction of sp³-hybridized carbons (Fsp3) is 0.333. The van der Waals surface area contributed by atoms with Gasteiger partial charge in [0.2, 0.25) is 0 Å². The van der Waals surface area contributed by atoms with Gasteiger partial charge in [0.25, 0.3) is 0 Å². The molecule has 0 bridgehead atoms. The van der Waals surface area contributed by atoms with Crippen molar-refractivity contribution in [3.8, 4) is 0 Å². The van der Waals surface area contributed by atoms with Crippen molar-refractivity contribution in [2.45, 2.75) is 19.9 Å².